The van der Waals surface area contributed by atoms with Crippen molar-refractivity contribution in [3.05, 3.63) is 29.3 Å². The third kappa shape index (κ3) is 2.99. The first-order valence-corrected chi connectivity index (χ1v) is 6.23. The molecule has 0 radical (unpaired) electrons. The summed E-state index contributed by atoms with van der Waals surface area (Å²) in [6, 6.07) is 2.31. The van der Waals surface area contributed by atoms with Crippen LogP contribution in [0.25, 0.3) is 0 Å². The molecule has 1 fully saturated rings. The molecule has 0 amide bonds. The van der Waals surface area contributed by atoms with Gasteiger partial charge >= 0.3 is 0 Å². The second-order valence-corrected chi connectivity index (χ2v) is 5.70. The minimum atomic E-state index is -0.698. The number of hydrogen-bond donors (Lipinski definition) is 1. The van der Waals surface area contributed by atoms with Crippen molar-refractivity contribution in [1.82, 2.24) is 0 Å². The van der Waals surface area contributed by atoms with E-state index >= 15 is 0 Å². The predicted octanol–water partition coefficient (Wildman–Crippen LogP) is 3.25. The monoisotopic (exact) mass is 255 g/mol. The van der Waals surface area contributed by atoms with Gasteiger partial charge in [-0.05, 0) is 30.9 Å². The largest absolute Gasteiger partial charge is 0.399 e. The van der Waals surface area contributed by atoms with Gasteiger partial charge in [-0.3, -0.25) is 0 Å². The van der Waals surface area contributed by atoms with Gasteiger partial charge in [-0.2, -0.15) is 0 Å². The van der Waals surface area contributed by atoms with Crippen molar-refractivity contribution in [3.8, 4) is 0 Å². The van der Waals surface area contributed by atoms with Gasteiger partial charge in [0.25, 0.3) is 0 Å². The lowest BCUT2D eigenvalue weighted by molar-refractivity contribution is 0.0842. The highest BCUT2D eigenvalue weighted by Crippen LogP contribution is 2.32. The molecule has 0 saturated heterocycles. The first kappa shape index (κ1) is 13.3. The zero-order valence-corrected chi connectivity index (χ0v) is 10.8. The Morgan fingerprint density at radius 3 is 2.33 bits per heavy atom. The smallest absolute Gasteiger partial charge is 0.132 e. The standard InChI is InChI=1S/C14H19F2NO/c1-14(2,8-18-7-9-3-4-9)13-11(15)5-10(17)6-12(13)16/h5-6,9H,3-4,7-8,17H2,1-2H3. The number of rotatable bonds is 5. The second kappa shape index (κ2) is 4.84. The zero-order valence-electron chi connectivity index (χ0n) is 10.8. The van der Waals surface area contributed by atoms with Gasteiger partial charge in [0, 0.05) is 23.3 Å². The lowest BCUT2D eigenvalue weighted by atomic mass is 9.84. The number of nitrogens with two attached hydrogens (primary N) is 1. The Morgan fingerprint density at radius 1 is 1.28 bits per heavy atom. The van der Waals surface area contributed by atoms with Gasteiger partial charge in [-0.25, -0.2) is 8.78 Å². The number of hydrogen-bond acceptors (Lipinski definition) is 2. The third-order valence-corrected chi connectivity index (χ3v) is 3.25. The maximum atomic E-state index is 13.8. The van der Waals surface area contributed by atoms with Crippen molar-refractivity contribution in [2.75, 3.05) is 18.9 Å². The van der Waals surface area contributed by atoms with Crippen molar-refractivity contribution < 1.29 is 13.5 Å². The Labute approximate surface area is 106 Å². The topological polar surface area (TPSA) is 35.2 Å². The van der Waals surface area contributed by atoms with Gasteiger partial charge in [-0.1, -0.05) is 13.8 Å². The molecule has 0 heterocycles. The molecule has 1 aromatic rings. The molecule has 0 bridgehead atoms. The van der Waals surface area contributed by atoms with Crippen LogP contribution < -0.4 is 5.73 Å². The Kier molecular flexibility index (Phi) is 3.57. The highest BCUT2D eigenvalue weighted by atomic mass is 19.1. The van der Waals surface area contributed by atoms with Crippen LogP contribution in [0, 0.1) is 17.6 Å². The Balaban J connectivity index is 2.11. The van der Waals surface area contributed by atoms with E-state index in [0.29, 0.717) is 19.1 Å². The second-order valence-electron chi connectivity index (χ2n) is 5.70. The molecule has 1 saturated carbocycles. The number of nitrogen functional groups attached to an aromatic ring is 1. The van der Waals surface area contributed by atoms with Gasteiger partial charge in [-0.15, -0.1) is 0 Å². The molecule has 4 heteroatoms. The van der Waals surface area contributed by atoms with Crippen molar-refractivity contribution in [1.29, 1.82) is 0 Å². The van der Waals surface area contributed by atoms with E-state index in [2.05, 4.69) is 0 Å². The first-order valence-electron chi connectivity index (χ1n) is 6.23. The van der Waals surface area contributed by atoms with E-state index in [1.165, 1.54) is 12.8 Å². The fraction of sp³-hybridized carbons (Fsp3) is 0.571. The highest BCUT2D eigenvalue weighted by Gasteiger charge is 2.30. The van der Waals surface area contributed by atoms with Gasteiger partial charge in [0.05, 0.1) is 6.61 Å². The summed E-state index contributed by atoms with van der Waals surface area (Å²) in [5, 5.41) is 0. The third-order valence-electron chi connectivity index (χ3n) is 3.25. The van der Waals surface area contributed by atoms with Crippen LogP contribution in [0.5, 0.6) is 0 Å². The maximum Gasteiger partial charge on any atom is 0.132 e. The molecule has 18 heavy (non-hydrogen) atoms. The van der Waals surface area contributed by atoms with Crippen molar-refractivity contribution in [2.24, 2.45) is 5.92 Å². The molecular weight excluding hydrogens is 236 g/mol. The highest BCUT2D eigenvalue weighted by molar-refractivity contribution is 5.43. The van der Waals surface area contributed by atoms with Crippen LogP contribution in [0.4, 0.5) is 14.5 Å². The van der Waals surface area contributed by atoms with Crippen LogP contribution in [0.3, 0.4) is 0 Å². The summed E-state index contributed by atoms with van der Waals surface area (Å²) in [5.41, 5.74) is 4.86. The molecule has 0 spiro atoms. The van der Waals surface area contributed by atoms with Gasteiger partial charge in [0.2, 0.25) is 0 Å². The number of anilines is 1. The van der Waals surface area contributed by atoms with Crippen LogP contribution in [-0.4, -0.2) is 13.2 Å². The van der Waals surface area contributed by atoms with E-state index in [-0.39, 0.29) is 11.3 Å². The Hall–Kier alpha value is -1.16. The zero-order chi connectivity index (χ0) is 13.3. The van der Waals surface area contributed by atoms with Crippen molar-refractivity contribution in [2.45, 2.75) is 32.1 Å². The summed E-state index contributed by atoms with van der Waals surface area (Å²) >= 11 is 0. The number of halogens is 2. The molecule has 2 rings (SSSR count). The van der Waals surface area contributed by atoms with E-state index < -0.39 is 17.0 Å². The molecule has 2 N–H and O–H groups in total. The average molecular weight is 255 g/mol. The van der Waals surface area contributed by atoms with E-state index in [1.807, 2.05) is 0 Å². The van der Waals surface area contributed by atoms with Crippen LogP contribution >= 0.6 is 0 Å². The molecule has 100 valence electrons. The normalized spacial score (nSPS) is 16.0. The van der Waals surface area contributed by atoms with E-state index in [0.717, 1.165) is 12.1 Å². The number of ether oxygens (including phenoxy) is 1. The van der Waals surface area contributed by atoms with E-state index in [9.17, 15) is 8.78 Å². The average Bonchev–Trinajstić information content (AvgIpc) is 2.98. The summed E-state index contributed by atoms with van der Waals surface area (Å²) in [7, 11) is 0. The van der Waals surface area contributed by atoms with Crippen molar-refractivity contribution >= 4 is 5.69 Å². The van der Waals surface area contributed by atoms with Crippen LogP contribution in [-0.2, 0) is 10.2 Å². The predicted molar refractivity (Wildman–Crippen MR) is 67.3 cm³/mol. The minimum Gasteiger partial charge on any atom is -0.399 e. The summed E-state index contributed by atoms with van der Waals surface area (Å²) < 4.78 is 33.2. The summed E-state index contributed by atoms with van der Waals surface area (Å²) in [6.45, 7) is 4.54. The van der Waals surface area contributed by atoms with Crippen LogP contribution in [0.1, 0.15) is 32.3 Å². The molecule has 1 aromatic carbocycles. The van der Waals surface area contributed by atoms with Crippen LogP contribution in [0.15, 0.2) is 12.1 Å². The molecular formula is C14H19F2NO. The molecule has 0 aliphatic heterocycles. The Bertz CT molecular complexity index is 418. The first-order chi connectivity index (χ1) is 8.40. The van der Waals surface area contributed by atoms with E-state index in [4.69, 9.17) is 10.5 Å². The fourth-order valence-corrected chi connectivity index (χ4v) is 2.08. The molecule has 0 unspecified atom stereocenters. The van der Waals surface area contributed by atoms with Crippen LogP contribution in [0.2, 0.25) is 0 Å². The minimum absolute atomic E-state index is 0.0486. The summed E-state index contributed by atoms with van der Waals surface area (Å²) in [4.78, 5) is 0. The molecule has 0 atom stereocenters. The van der Waals surface area contributed by atoms with Gasteiger partial charge in [0.1, 0.15) is 11.6 Å². The van der Waals surface area contributed by atoms with Gasteiger partial charge in [0.15, 0.2) is 0 Å². The lowest BCUT2D eigenvalue weighted by Gasteiger charge is -2.26. The summed E-state index contributed by atoms with van der Waals surface area (Å²) in [5.74, 6) is -0.568. The quantitative estimate of drug-likeness (QED) is 0.820. The van der Waals surface area contributed by atoms with Gasteiger partial charge < -0.3 is 10.5 Å². The SMILES string of the molecule is CC(C)(COCC1CC1)c1c(F)cc(N)cc1F. The lowest BCUT2D eigenvalue weighted by Crippen LogP contribution is -2.28. The summed E-state index contributed by atoms with van der Waals surface area (Å²) in [6.07, 6.45) is 2.40. The number of benzene rings is 1. The van der Waals surface area contributed by atoms with E-state index in [1.54, 1.807) is 13.8 Å². The maximum absolute atomic E-state index is 13.8. The Morgan fingerprint density at radius 2 is 1.83 bits per heavy atom. The molecule has 1 aliphatic rings. The van der Waals surface area contributed by atoms with Crippen molar-refractivity contribution in [3.63, 3.8) is 0 Å². The molecule has 0 aromatic heterocycles. The fourth-order valence-electron chi connectivity index (χ4n) is 2.08. The molecule has 1 aliphatic carbocycles. The molecule has 2 nitrogen and oxygen atoms in total.